The highest BCUT2D eigenvalue weighted by Crippen LogP contribution is 2.24. The first-order chi connectivity index (χ1) is 11.6. The molecule has 0 spiro atoms. The Balaban J connectivity index is 1.82. The van der Waals surface area contributed by atoms with E-state index in [0.29, 0.717) is 37.2 Å². The van der Waals surface area contributed by atoms with Crippen LogP contribution in [0.5, 0.6) is 0 Å². The largest absolute Gasteiger partial charge is 0.377 e. The van der Waals surface area contributed by atoms with Crippen LogP contribution in [0, 0.1) is 5.92 Å². The van der Waals surface area contributed by atoms with Crippen LogP contribution in [-0.2, 0) is 9.53 Å². The van der Waals surface area contributed by atoms with Crippen LogP contribution < -0.4 is 5.32 Å². The molecule has 0 bridgehead atoms. The van der Waals surface area contributed by atoms with E-state index in [2.05, 4.69) is 20.3 Å². The van der Waals surface area contributed by atoms with Crippen LogP contribution in [0.3, 0.4) is 0 Å². The molecule has 24 heavy (non-hydrogen) atoms. The molecule has 7 heteroatoms. The molecule has 1 atom stereocenters. The number of carbonyl (C=O) groups is 1. The van der Waals surface area contributed by atoms with Gasteiger partial charge in [-0.1, -0.05) is 19.9 Å². The van der Waals surface area contributed by atoms with Gasteiger partial charge in [0.15, 0.2) is 5.82 Å². The SMILES string of the molecule is CC(C)C(=O)N1CCOC[C@H]1c1nccc(Nc2ccccn2)n1. The summed E-state index contributed by atoms with van der Waals surface area (Å²) in [7, 11) is 0. The van der Waals surface area contributed by atoms with Gasteiger partial charge >= 0.3 is 0 Å². The number of carbonyl (C=O) groups excluding carboxylic acids is 1. The van der Waals surface area contributed by atoms with E-state index in [1.165, 1.54) is 0 Å². The molecule has 1 saturated heterocycles. The van der Waals surface area contributed by atoms with Crippen molar-refractivity contribution in [3.63, 3.8) is 0 Å². The Morgan fingerprint density at radius 1 is 1.25 bits per heavy atom. The maximum Gasteiger partial charge on any atom is 0.225 e. The molecule has 1 aliphatic rings. The quantitative estimate of drug-likeness (QED) is 0.927. The number of amides is 1. The summed E-state index contributed by atoms with van der Waals surface area (Å²) >= 11 is 0. The van der Waals surface area contributed by atoms with E-state index >= 15 is 0 Å². The number of aromatic nitrogens is 3. The van der Waals surface area contributed by atoms with E-state index in [4.69, 9.17) is 4.74 Å². The number of nitrogens with zero attached hydrogens (tertiary/aromatic N) is 4. The van der Waals surface area contributed by atoms with Crippen molar-refractivity contribution in [2.24, 2.45) is 5.92 Å². The van der Waals surface area contributed by atoms with E-state index in [1.54, 1.807) is 18.5 Å². The number of rotatable bonds is 4. The Hall–Kier alpha value is -2.54. The molecule has 1 fully saturated rings. The number of ether oxygens (including phenoxy) is 1. The van der Waals surface area contributed by atoms with Gasteiger partial charge in [0, 0.05) is 24.9 Å². The fourth-order valence-corrected chi connectivity index (χ4v) is 2.58. The summed E-state index contributed by atoms with van der Waals surface area (Å²) in [6.45, 7) is 5.30. The Bertz CT molecular complexity index is 692. The van der Waals surface area contributed by atoms with Gasteiger partial charge in [0.2, 0.25) is 5.91 Å². The minimum atomic E-state index is -0.265. The van der Waals surface area contributed by atoms with E-state index < -0.39 is 0 Å². The molecular weight excluding hydrogens is 306 g/mol. The van der Waals surface area contributed by atoms with Crippen LogP contribution >= 0.6 is 0 Å². The Morgan fingerprint density at radius 3 is 2.88 bits per heavy atom. The van der Waals surface area contributed by atoms with Crippen molar-refractivity contribution in [3.05, 3.63) is 42.5 Å². The van der Waals surface area contributed by atoms with Gasteiger partial charge in [0.1, 0.15) is 17.7 Å². The van der Waals surface area contributed by atoms with Gasteiger partial charge in [-0.15, -0.1) is 0 Å². The topological polar surface area (TPSA) is 80.2 Å². The minimum Gasteiger partial charge on any atom is -0.377 e. The molecule has 0 aliphatic carbocycles. The smallest absolute Gasteiger partial charge is 0.225 e. The molecule has 0 aromatic carbocycles. The first kappa shape index (κ1) is 16.3. The minimum absolute atomic E-state index is 0.0690. The first-order valence-corrected chi connectivity index (χ1v) is 8.04. The number of morpholine rings is 1. The molecular formula is C17H21N5O2. The molecule has 1 aliphatic heterocycles. The van der Waals surface area contributed by atoms with Gasteiger partial charge in [0.05, 0.1) is 13.2 Å². The average molecular weight is 327 g/mol. The lowest BCUT2D eigenvalue weighted by atomic mass is 10.1. The molecule has 126 valence electrons. The van der Waals surface area contributed by atoms with Crippen LogP contribution in [-0.4, -0.2) is 45.5 Å². The standard InChI is InChI=1S/C17H21N5O2/c1-12(2)17(23)22-9-10-24-11-13(22)16-19-8-6-15(21-16)20-14-5-3-4-7-18-14/h3-8,12-13H,9-11H2,1-2H3,(H,18,19,20,21)/t13-/m0/s1. The van der Waals surface area contributed by atoms with Gasteiger partial charge in [-0.2, -0.15) is 0 Å². The Kier molecular flexibility index (Phi) is 5.00. The second kappa shape index (κ2) is 7.35. The monoisotopic (exact) mass is 327 g/mol. The molecule has 3 heterocycles. The molecule has 1 N–H and O–H groups in total. The molecule has 2 aromatic heterocycles. The van der Waals surface area contributed by atoms with Crippen LogP contribution in [0.25, 0.3) is 0 Å². The van der Waals surface area contributed by atoms with E-state index in [1.807, 2.05) is 36.9 Å². The lowest BCUT2D eigenvalue weighted by Crippen LogP contribution is -2.45. The van der Waals surface area contributed by atoms with Crippen molar-refractivity contribution in [1.29, 1.82) is 0 Å². The van der Waals surface area contributed by atoms with Gasteiger partial charge in [0.25, 0.3) is 0 Å². The lowest BCUT2D eigenvalue weighted by molar-refractivity contribution is -0.143. The molecule has 2 aromatic rings. The van der Waals surface area contributed by atoms with Gasteiger partial charge < -0.3 is 15.0 Å². The second-order valence-electron chi connectivity index (χ2n) is 5.92. The number of hydrogen-bond acceptors (Lipinski definition) is 6. The molecule has 0 saturated carbocycles. The zero-order valence-electron chi connectivity index (χ0n) is 13.8. The first-order valence-electron chi connectivity index (χ1n) is 8.04. The number of hydrogen-bond donors (Lipinski definition) is 1. The summed E-state index contributed by atoms with van der Waals surface area (Å²) in [6.07, 6.45) is 3.39. The van der Waals surface area contributed by atoms with Crippen LogP contribution in [0.15, 0.2) is 36.7 Å². The zero-order valence-corrected chi connectivity index (χ0v) is 13.8. The van der Waals surface area contributed by atoms with Crippen molar-refractivity contribution >= 4 is 17.5 Å². The number of anilines is 2. The van der Waals surface area contributed by atoms with Crippen LogP contribution in [0.2, 0.25) is 0 Å². The van der Waals surface area contributed by atoms with Crippen molar-refractivity contribution in [3.8, 4) is 0 Å². The van der Waals surface area contributed by atoms with Crippen LogP contribution in [0.1, 0.15) is 25.7 Å². The van der Waals surface area contributed by atoms with Gasteiger partial charge in [-0.25, -0.2) is 15.0 Å². The second-order valence-corrected chi connectivity index (χ2v) is 5.92. The maximum atomic E-state index is 12.4. The number of nitrogens with one attached hydrogen (secondary N) is 1. The van der Waals surface area contributed by atoms with E-state index in [0.717, 1.165) is 0 Å². The van der Waals surface area contributed by atoms with Crippen molar-refractivity contribution in [1.82, 2.24) is 19.9 Å². The zero-order chi connectivity index (χ0) is 16.9. The summed E-state index contributed by atoms with van der Waals surface area (Å²) in [5, 5.41) is 3.14. The fraction of sp³-hybridized carbons (Fsp3) is 0.412. The summed E-state index contributed by atoms with van der Waals surface area (Å²) in [5.41, 5.74) is 0. The van der Waals surface area contributed by atoms with Gasteiger partial charge in [-0.3, -0.25) is 4.79 Å². The summed E-state index contributed by atoms with van der Waals surface area (Å²) in [4.78, 5) is 27.4. The Labute approximate surface area is 141 Å². The van der Waals surface area contributed by atoms with Gasteiger partial charge in [-0.05, 0) is 18.2 Å². The Morgan fingerprint density at radius 2 is 2.12 bits per heavy atom. The normalized spacial score (nSPS) is 17.8. The average Bonchev–Trinajstić information content (AvgIpc) is 2.62. The highest BCUT2D eigenvalue weighted by molar-refractivity contribution is 5.78. The summed E-state index contributed by atoms with van der Waals surface area (Å²) in [6, 6.07) is 7.12. The van der Waals surface area contributed by atoms with Crippen molar-refractivity contribution in [2.75, 3.05) is 25.1 Å². The molecule has 7 nitrogen and oxygen atoms in total. The third kappa shape index (κ3) is 3.68. The highest BCUT2D eigenvalue weighted by Gasteiger charge is 2.31. The molecule has 1 amide bonds. The number of pyridine rings is 1. The maximum absolute atomic E-state index is 12.4. The predicted octanol–water partition coefficient (Wildman–Crippen LogP) is 2.17. The molecule has 0 unspecified atom stereocenters. The third-order valence-corrected chi connectivity index (χ3v) is 3.80. The van der Waals surface area contributed by atoms with Crippen molar-refractivity contribution in [2.45, 2.75) is 19.9 Å². The highest BCUT2D eigenvalue weighted by atomic mass is 16.5. The lowest BCUT2D eigenvalue weighted by Gasteiger charge is -2.35. The molecule has 3 rings (SSSR count). The third-order valence-electron chi connectivity index (χ3n) is 3.80. The predicted molar refractivity (Wildman–Crippen MR) is 89.7 cm³/mol. The van der Waals surface area contributed by atoms with E-state index in [-0.39, 0.29) is 17.9 Å². The van der Waals surface area contributed by atoms with Crippen molar-refractivity contribution < 1.29 is 9.53 Å². The summed E-state index contributed by atoms with van der Waals surface area (Å²) < 4.78 is 5.55. The molecule has 0 radical (unpaired) electrons. The van der Waals surface area contributed by atoms with E-state index in [9.17, 15) is 4.79 Å². The fourth-order valence-electron chi connectivity index (χ4n) is 2.58. The van der Waals surface area contributed by atoms with Crippen LogP contribution in [0.4, 0.5) is 11.6 Å². The summed E-state index contributed by atoms with van der Waals surface area (Å²) in [5.74, 6) is 1.94.